The molecule has 2 aliphatic heterocycles. The molecule has 1 fully saturated rings. The molecule has 37 heavy (non-hydrogen) atoms. The number of methoxy groups -OCH3 is 2. The van der Waals surface area contributed by atoms with Gasteiger partial charge in [-0.3, -0.25) is 4.79 Å². The number of ether oxygens (including phenoxy) is 2. The fourth-order valence-corrected chi connectivity index (χ4v) is 5.94. The van der Waals surface area contributed by atoms with Crippen LogP contribution in [0.5, 0.6) is 5.75 Å². The maximum atomic E-state index is 13.0. The third-order valence-electron chi connectivity index (χ3n) is 6.58. The number of benzene rings is 2. The van der Waals surface area contributed by atoms with Crippen LogP contribution in [0, 0.1) is 0 Å². The third kappa shape index (κ3) is 6.06. The molecule has 4 rings (SSSR count). The average Bonchev–Trinajstić information content (AvgIpc) is 3.32. The number of carbonyl (C=O) groups is 2. The van der Waals surface area contributed by atoms with Crippen molar-refractivity contribution in [3.05, 3.63) is 59.1 Å². The second-order valence-electron chi connectivity index (χ2n) is 8.95. The Kier molecular flexibility index (Phi) is 8.05. The van der Waals surface area contributed by atoms with Crippen molar-refractivity contribution in [1.82, 2.24) is 9.62 Å². The molecule has 0 aliphatic carbocycles. The molecular weight excluding hydrogens is 522 g/mol. The van der Waals surface area contributed by atoms with Crippen molar-refractivity contribution in [3.8, 4) is 5.75 Å². The van der Waals surface area contributed by atoms with Crippen molar-refractivity contribution in [1.29, 1.82) is 0 Å². The number of oxime groups is 1. The van der Waals surface area contributed by atoms with Crippen LogP contribution in [0.2, 0.25) is 5.02 Å². The van der Waals surface area contributed by atoms with E-state index < -0.39 is 33.5 Å². The second-order valence-corrected chi connectivity index (χ2v) is 11.3. The summed E-state index contributed by atoms with van der Waals surface area (Å²) in [5, 5.41) is 7.23. The Morgan fingerprint density at radius 1 is 1.11 bits per heavy atom. The number of carbonyl (C=O) groups excluding carboxylic acids is 2. The lowest BCUT2D eigenvalue weighted by Gasteiger charge is -2.36. The minimum atomic E-state index is -3.68. The van der Waals surface area contributed by atoms with Crippen LogP contribution in [0.15, 0.2) is 58.6 Å². The highest BCUT2D eigenvalue weighted by Crippen LogP contribution is 2.36. The average molecular weight is 550 g/mol. The molecule has 12 heteroatoms. The zero-order valence-corrected chi connectivity index (χ0v) is 22.0. The van der Waals surface area contributed by atoms with Crippen LogP contribution in [-0.4, -0.2) is 69.3 Å². The Morgan fingerprint density at radius 3 is 2.35 bits per heavy atom. The molecule has 1 unspecified atom stereocenters. The van der Waals surface area contributed by atoms with E-state index in [9.17, 15) is 18.0 Å². The van der Waals surface area contributed by atoms with E-state index in [-0.39, 0.29) is 36.5 Å². The largest absolute Gasteiger partial charge is 0.497 e. The summed E-state index contributed by atoms with van der Waals surface area (Å²) in [6, 6.07) is 12.2. The van der Waals surface area contributed by atoms with Crippen LogP contribution >= 0.6 is 11.6 Å². The van der Waals surface area contributed by atoms with E-state index in [2.05, 4.69) is 10.5 Å². The normalized spacial score (nSPS) is 18.0. The lowest BCUT2D eigenvalue weighted by atomic mass is 9.87. The third-order valence-corrected chi connectivity index (χ3v) is 8.74. The van der Waals surface area contributed by atoms with E-state index in [0.29, 0.717) is 23.6 Å². The summed E-state index contributed by atoms with van der Waals surface area (Å²) in [6.45, 7) is 0.445. The molecule has 1 atom stereocenters. The Morgan fingerprint density at radius 2 is 1.76 bits per heavy atom. The molecule has 2 aromatic rings. The predicted molar refractivity (Wildman–Crippen MR) is 136 cm³/mol. The highest BCUT2D eigenvalue weighted by molar-refractivity contribution is 7.89. The van der Waals surface area contributed by atoms with E-state index >= 15 is 0 Å². The van der Waals surface area contributed by atoms with Gasteiger partial charge in [-0.15, -0.1) is 0 Å². The lowest BCUT2D eigenvalue weighted by Crippen LogP contribution is -2.48. The molecule has 1 spiro atoms. The van der Waals surface area contributed by atoms with E-state index in [1.165, 1.54) is 30.7 Å². The quantitative estimate of drug-likeness (QED) is 0.502. The molecule has 1 saturated heterocycles. The molecule has 2 heterocycles. The van der Waals surface area contributed by atoms with Gasteiger partial charge in [0.2, 0.25) is 10.0 Å². The number of halogens is 1. The number of sulfonamides is 1. The highest BCUT2D eigenvalue weighted by atomic mass is 35.5. The smallest absolute Gasteiger partial charge is 0.328 e. The summed E-state index contributed by atoms with van der Waals surface area (Å²) in [5.41, 5.74) is 0.179. The van der Waals surface area contributed by atoms with Gasteiger partial charge in [-0.2, -0.15) is 4.31 Å². The van der Waals surface area contributed by atoms with Gasteiger partial charge in [-0.25, -0.2) is 13.2 Å². The SMILES string of the molecule is COC(=O)C(Cc1ccc(Cl)cc1)NC(=O)C1=NOC2(CCN(S(=O)(=O)c3ccc(OC)cc3)CC2)C1. The summed E-state index contributed by atoms with van der Waals surface area (Å²) in [6.07, 6.45) is 1.17. The van der Waals surface area contributed by atoms with Crippen molar-refractivity contribution in [2.24, 2.45) is 5.16 Å². The zero-order valence-electron chi connectivity index (χ0n) is 20.5. The molecule has 1 amide bonds. The van der Waals surface area contributed by atoms with Crippen LogP contribution in [0.3, 0.4) is 0 Å². The number of nitrogens with one attached hydrogen (secondary N) is 1. The topological polar surface area (TPSA) is 124 Å². The van der Waals surface area contributed by atoms with Crippen molar-refractivity contribution in [2.45, 2.75) is 42.2 Å². The second kappa shape index (κ2) is 11.1. The summed E-state index contributed by atoms with van der Waals surface area (Å²) in [4.78, 5) is 31.1. The van der Waals surface area contributed by atoms with Crippen LogP contribution in [0.1, 0.15) is 24.8 Å². The number of nitrogens with zero attached hydrogens (tertiary/aromatic N) is 2. The lowest BCUT2D eigenvalue weighted by molar-refractivity contribution is -0.144. The Labute approximate surface area is 220 Å². The molecule has 0 bridgehead atoms. The zero-order chi connectivity index (χ0) is 26.6. The standard InChI is InChI=1S/C25H28ClN3O7S/c1-34-19-7-9-20(10-8-19)37(32,33)29-13-11-25(12-14-29)16-22(28-36-25)23(30)27-21(24(31)35-2)15-17-3-5-18(26)6-4-17/h3-10,21H,11-16H2,1-2H3,(H,27,30). The molecule has 0 saturated carbocycles. The van der Waals surface area contributed by atoms with Crippen molar-refractivity contribution >= 4 is 39.2 Å². The number of piperidine rings is 1. The van der Waals surface area contributed by atoms with Crippen LogP contribution in [0.4, 0.5) is 0 Å². The molecular formula is C25H28ClN3O7S. The number of rotatable bonds is 8. The molecule has 1 N–H and O–H groups in total. The Hall–Kier alpha value is -3.15. The van der Waals surface area contributed by atoms with Crippen molar-refractivity contribution < 1.29 is 32.3 Å². The maximum Gasteiger partial charge on any atom is 0.328 e. The summed E-state index contributed by atoms with van der Waals surface area (Å²) >= 11 is 5.92. The number of hydrogen-bond acceptors (Lipinski definition) is 8. The van der Waals surface area contributed by atoms with E-state index in [1.807, 2.05) is 0 Å². The molecule has 0 radical (unpaired) electrons. The van der Waals surface area contributed by atoms with Crippen LogP contribution in [0.25, 0.3) is 0 Å². The van der Waals surface area contributed by atoms with Crippen LogP contribution in [-0.2, 0) is 35.6 Å². The first-order valence-corrected chi connectivity index (χ1v) is 13.5. The Bertz CT molecular complexity index is 1270. The fourth-order valence-electron chi connectivity index (χ4n) is 4.38. The molecule has 0 aromatic heterocycles. The molecule has 10 nitrogen and oxygen atoms in total. The van der Waals surface area contributed by atoms with Gasteiger partial charge >= 0.3 is 5.97 Å². The number of esters is 1. The van der Waals surface area contributed by atoms with Gasteiger partial charge < -0.3 is 19.6 Å². The van der Waals surface area contributed by atoms with Crippen molar-refractivity contribution in [2.75, 3.05) is 27.3 Å². The van der Waals surface area contributed by atoms with Gasteiger partial charge in [-0.1, -0.05) is 28.9 Å². The van der Waals surface area contributed by atoms with Gasteiger partial charge in [0.05, 0.1) is 19.1 Å². The number of hydrogen-bond donors (Lipinski definition) is 1. The first-order valence-electron chi connectivity index (χ1n) is 11.7. The van der Waals surface area contributed by atoms with E-state index in [0.717, 1.165) is 5.56 Å². The first kappa shape index (κ1) is 26.9. The predicted octanol–water partition coefficient (Wildman–Crippen LogP) is 2.55. The summed E-state index contributed by atoms with van der Waals surface area (Å²) < 4.78 is 37.4. The minimum Gasteiger partial charge on any atom is -0.497 e. The van der Waals surface area contributed by atoms with Gasteiger partial charge in [0, 0.05) is 43.8 Å². The maximum absolute atomic E-state index is 13.0. The van der Waals surface area contributed by atoms with Crippen LogP contribution < -0.4 is 10.1 Å². The minimum absolute atomic E-state index is 0.150. The first-order chi connectivity index (χ1) is 17.7. The Balaban J connectivity index is 1.36. The van der Waals surface area contributed by atoms with E-state index in [4.69, 9.17) is 25.9 Å². The van der Waals surface area contributed by atoms with Gasteiger partial charge in [0.15, 0.2) is 0 Å². The van der Waals surface area contributed by atoms with Crippen molar-refractivity contribution in [3.63, 3.8) is 0 Å². The monoisotopic (exact) mass is 549 g/mol. The molecule has 2 aromatic carbocycles. The van der Waals surface area contributed by atoms with Gasteiger partial charge in [0.1, 0.15) is 23.1 Å². The van der Waals surface area contributed by atoms with Gasteiger partial charge in [-0.05, 0) is 42.0 Å². The summed E-state index contributed by atoms with van der Waals surface area (Å²) in [5.74, 6) is -0.550. The fraction of sp³-hybridized carbons (Fsp3) is 0.400. The molecule has 198 valence electrons. The molecule has 2 aliphatic rings. The number of amides is 1. The van der Waals surface area contributed by atoms with Gasteiger partial charge in [0.25, 0.3) is 5.91 Å². The summed E-state index contributed by atoms with van der Waals surface area (Å²) in [7, 11) is -0.911. The van der Waals surface area contributed by atoms with E-state index in [1.54, 1.807) is 36.4 Å². The highest BCUT2D eigenvalue weighted by Gasteiger charge is 2.46.